The van der Waals surface area contributed by atoms with Crippen LogP contribution in [0.4, 0.5) is 13.2 Å². The summed E-state index contributed by atoms with van der Waals surface area (Å²) >= 11 is 0. The molecule has 3 rings (SSSR count). The third-order valence-corrected chi connectivity index (χ3v) is 5.28. The molecule has 0 fully saturated rings. The maximum atomic E-state index is 12.7. The number of Topliss-reactive ketones (excluding diaryl/α,β-unsaturated/α-hetero) is 1. The molecule has 136 valence electrons. The maximum absolute atomic E-state index is 12.7. The minimum Gasteiger partial charge on any atom is -0.294 e. The summed E-state index contributed by atoms with van der Waals surface area (Å²) in [5.74, 6) is -0.172. The second-order valence-electron chi connectivity index (χ2n) is 6.00. The number of pyridine rings is 1. The molecule has 0 N–H and O–H groups in total. The minimum atomic E-state index is -4.54. The van der Waals surface area contributed by atoms with Crippen molar-refractivity contribution in [3.8, 4) is 0 Å². The topological polar surface area (TPSA) is 64.1 Å². The van der Waals surface area contributed by atoms with E-state index < -0.39 is 21.7 Å². The molecule has 1 aliphatic carbocycles. The van der Waals surface area contributed by atoms with Crippen LogP contribution in [0.1, 0.15) is 29.7 Å². The van der Waals surface area contributed by atoms with E-state index in [4.69, 9.17) is 0 Å². The fourth-order valence-electron chi connectivity index (χ4n) is 2.89. The quantitative estimate of drug-likeness (QED) is 0.812. The average Bonchev–Trinajstić information content (AvgIpc) is 2.95. The van der Waals surface area contributed by atoms with Crippen LogP contribution in [0.2, 0.25) is 0 Å². The number of aromatic nitrogens is 1. The van der Waals surface area contributed by atoms with Gasteiger partial charge in [0.15, 0.2) is 15.6 Å². The Morgan fingerprint density at radius 3 is 2.08 bits per heavy atom. The monoisotopic (exact) mass is 381 g/mol. The predicted octanol–water partition coefficient (Wildman–Crippen LogP) is 3.78. The van der Waals surface area contributed by atoms with E-state index in [9.17, 15) is 26.4 Å². The fourth-order valence-corrected chi connectivity index (χ4v) is 3.52. The number of rotatable bonds is 3. The number of halogens is 3. The van der Waals surface area contributed by atoms with Crippen molar-refractivity contribution in [2.45, 2.75) is 23.9 Å². The van der Waals surface area contributed by atoms with Crippen LogP contribution in [0.25, 0.3) is 11.1 Å². The maximum Gasteiger partial charge on any atom is 0.433 e. The molecular formula is C18H14F3NO3S. The van der Waals surface area contributed by atoms with Gasteiger partial charge in [-0.2, -0.15) is 13.2 Å². The van der Waals surface area contributed by atoms with E-state index in [1.807, 2.05) is 0 Å². The predicted molar refractivity (Wildman–Crippen MR) is 89.8 cm³/mol. The molecule has 8 heteroatoms. The third-order valence-electron chi connectivity index (χ3n) is 4.16. The van der Waals surface area contributed by atoms with Crippen LogP contribution in [0, 0.1) is 0 Å². The van der Waals surface area contributed by atoms with E-state index in [0.29, 0.717) is 28.7 Å². The van der Waals surface area contributed by atoms with Crippen LogP contribution in [-0.2, 0) is 20.8 Å². The normalized spacial score (nSPS) is 15.6. The molecule has 0 unspecified atom stereocenters. The summed E-state index contributed by atoms with van der Waals surface area (Å²) in [6, 6.07) is 8.17. The Morgan fingerprint density at radius 2 is 1.58 bits per heavy atom. The van der Waals surface area contributed by atoms with Gasteiger partial charge in [-0.25, -0.2) is 8.42 Å². The van der Waals surface area contributed by atoms with Crippen LogP contribution >= 0.6 is 0 Å². The third kappa shape index (κ3) is 3.55. The Kier molecular flexibility index (Phi) is 4.47. The molecule has 1 heterocycles. The molecule has 2 aromatic rings. The van der Waals surface area contributed by atoms with Crippen molar-refractivity contribution >= 4 is 26.8 Å². The van der Waals surface area contributed by atoms with Crippen molar-refractivity contribution in [2.24, 2.45) is 0 Å². The Hall–Kier alpha value is -2.48. The van der Waals surface area contributed by atoms with E-state index in [0.717, 1.165) is 18.5 Å². The van der Waals surface area contributed by atoms with Crippen LogP contribution < -0.4 is 0 Å². The van der Waals surface area contributed by atoms with Crippen LogP contribution in [0.3, 0.4) is 0 Å². The smallest absolute Gasteiger partial charge is 0.294 e. The van der Waals surface area contributed by atoms with Gasteiger partial charge in [0.2, 0.25) is 0 Å². The van der Waals surface area contributed by atoms with Crippen molar-refractivity contribution in [2.75, 3.05) is 6.26 Å². The molecule has 0 saturated heterocycles. The van der Waals surface area contributed by atoms with Gasteiger partial charge in [0.1, 0.15) is 5.69 Å². The standard InChI is InChI=1S/C18H14F3NO3S/c1-26(24,25)13-5-2-11(3-6-13)14-7-8-15(23)17(14)12-4-9-16(22-10-12)18(19,20)21/h2-6,9-10H,7-8H2,1H3. The van der Waals surface area contributed by atoms with Crippen LogP contribution in [-0.4, -0.2) is 25.4 Å². The molecule has 1 aromatic carbocycles. The molecule has 4 nitrogen and oxygen atoms in total. The first-order valence-electron chi connectivity index (χ1n) is 7.68. The van der Waals surface area contributed by atoms with E-state index in [2.05, 4.69) is 4.98 Å². The molecule has 0 radical (unpaired) electrons. The highest BCUT2D eigenvalue weighted by Gasteiger charge is 2.33. The van der Waals surface area contributed by atoms with Gasteiger partial charge in [-0.1, -0.05) is 18.2 Å². The summed E-state index contributed by atoms with van der Waals surface area (Å²) in [5, 5.41) is 0. The number of carbonyl (C=O) groups is 1. The van der Waals surface area contributed by atoms with Crippen molar-refractivity contribution in [3.63, 3.8) is 0 Å². The first-order chi connectivity index (χ1) is 12.1. The molecule has 0 bridgehead atoms. The summed E-state index contributed by atoms with van der Waals surface area (Å²) in [6.45, 7) is 0. The molecule has 0 spiro atoms. The van der Waals surface area contributed by atoms with Crippen molar-refractivity contribution < 1.29 is 26.4 Å². The van der Waals surface area contributed by atoms with Gasteiger partial charge in [0.05, 0.1) is 4.90 Å². The van der Waals surface area contributed by atoms with E-state index in [1.165, 1.54) is 18.2 Å². The fraction of sp³-hybridized carbons (Fsp3) is 0.222. The second kappa shape index (κ2) is 6.35. The van der Waals surface area contributed by atoms with Gasteiger partial charge in [-0.3, -0.25) is 9.78 Å². The Labute approximate surface area is 148 Å². The van der Waals surface area contributed by atoms with Crippen molar-refractivity contribution in [1.29, 1.82) is 0 Å². The highest BCUT2D eigenvalue weighted by atomic mass is 32.2. The number of allylic oxidation sites excluding steroid dienone is 2. The lowest BCUT2D eigenvalue weighted by molar-refractivity contribution is -0.141. The Balaban J connectivity index is 2.04. The lowest BCUT2D eigenvalue weighted by atomic mass is 9.97. The molecule has 1 aromatic heterocycles. The lowest BCUT2D eigenvalue weighted by Crippen LogP contribution is -2.08. The number of carbonyl (C=O) groups excluding carboxylic acids is 1. The first-order valence-corrected chi connectivity index (χ1v) is 9.57. The van der Waals surface area contributed by atoms with Gasteiger partial charge in [0, 0.05) is 30.0 Å². The number of hydrogen-bond acceptors (Lipinski definition) is 4. The van der Waals surface area contributed by atoms with Gasteiger partial charge in [-0.15, -0.1) is 0 Å². The van der Waals surface area contributed by atoms with E-state index >= 15 is 0 Å². The molecule has 0 aliphatic heterocycles. The largest absolute Gasteiger partial charge is 0.433 e. The van der Waals surface area contributed by atoms with Gasteiger partial charge >= 0.3 is 6.18 Å². The molecule has 0 saturated carbocycles. The highest BCUT2D eigenvalue weighted by Crippen LogP contribution is 2.38. The SMILES string of the molecule is CS(=O)(=O)c1ccc(C2=C(c3ccc(C(F)(F)F)nc3)C(=O)CC2)cc1. The number of alkyl halides is 3. The number of ketones is 1. The van der Waals surface area contributed by atoms with Crippen LogP contribution in [0.5, 0.6) is 0 Å². The molecular weight excluding hydrogens is 367 g/mol. The summed E-state index contributed by atoms with van der Waals surface area (Å²) < 4.78 is 61.1. The highest BCUT2D eigenvalue weighted by molar-refractivity contribution is 7.90. The molecule has 0 amide bonds. The van der Waals surface area contributed by atoms with Gasteiger partial charge in [-0.05, 0) is 35.8 Å². The first kappa shape index (κ1) is 18.3. The summed E-state index contributed by atoms with van der Waals surface area (Å²) in [4.78, 5) is 15.8. The zero-order valence-electron chi connectivity index (χ0n) is 13.7. The molecule has 1 aliphatic rings. The van der Waals surface area contributed by atoms with Gasteiger partial charge in [0.25, 0.3) is 0 Å². The Morgan fingerprint density at radius 1 is 0.962 bits per heavy atom. The minimum absolute atomic E-state index is 0.156. The molecule has 0 atom stereocenters. The lowest BCUT2D eigenvalue weighted by Gasteiger charge is -2.10. The summed E-state index contributed by atoms with van der Waals surface area (Å²) in [6.07, 6.45) is -1.71. The van der Waals surface area contributed by atoms with Gasteiger partial charge < -0.3 is 0 Å². The summed E-state index contributed by atoms with van der Waals surface area (Å²) in [7, 11) is -3.34. The Bertz CT molecular complexity index is 989. The van der Waals surface area contributed by atoms with Crippen molar-refractivity contribution in [1.82, 2.24) is 4.98 Å². The summed E-state index contributed by atoms with van der Waals surface area (Å²) in [5.41, 5.74) is 0.974. The van der Waals surface area contributed by atoms with Crippen molar-refractivity contribution in [3.05, 3.63) is 59.4 Å². The zero-order chi connectivity index (χ0) is 19.1. The number of nitrogens with zero attached hydrogens (tertiary/aromatic N) is 1. The number of benzene rings is 1. The average molecular weight is 381 g/mol. The van der Waals surface area contributed by atoms with E-state index in [-0.39, 0.29) is 17.1 Å². The van der Waals surface area contributed by atoms with E-state index in [1.54, 1.807) is 12.1 Å². The van der Waals surface area contributed by atoms with Crippen LogP contribution in [0.15, 0.2) is 47.5 Å². The zero-order valence-corrected chi connectivity index (χ0v) is 14.5. The number of sulfone groups is 1. The molecule has 26 heavy (non-hydrogen) atoms. The second-order valence-corrected chi connectivity index (χ2v) is 8.02. The number of hydrogen-bond donors (Lipinski definition) is 0.